The molecule has 0 saturated heterocycles. The molecule has 0 bridgehead atoms. The number of halogens is 1. The maximum atomic E-state index is 11.3. The Labute approximate surface area is 119 Å². The van der Waals surface area contributed by atoms with Crippen LogP contribution in [0.5, 0.6) is 0 Å². The summed E-state index contributed by atoms with van der Waals surface area (Å²) in [5.74, 6) is -1.06. The van der Waals surface area contributed by atoms with E-state index in [-0.39, 0.29) is 28.7 Å². The van der Waals surface area contributed by atoms with Crippen LogP contribution in [0.4, 0.5) is 5.69 Å². The fourth-order valence-corrected chi connectivity index (χ4v) is 1.79. The predicted octanol–water partition coefficient (Wildman–Crippen LogP) is 0.909. The molecule has 0 aliphatic heterocycles. The molecule has 0 aromatic carbocycles. The lowest BCUT2D eigenvalue weighted by atomic mass is 10.1. The van der Waals surface area contributed by atoms with Crippen molar-refractivity contribution in [2.24, 2.45) is 0 Å². The Hall–Kier alpha value is -1.77. The molecule has 0 amide bonds. The average molecular weight is 305 g/mol. The van der Waals surface area contributed by atoms with Crippen LogP contribution in [0.3, 0.4) is 0 Å². The van der Waals surface area contributed by atoms with Gasteiger partial charge in [0.05, 0.1) is 11.5 Å². The highest BCUT2D eigenvalue weighted by atomic mass is 35.5. The summed E-state index contributed by atoms with van der Waals surface area (Å²) < 4.78 is 4.54. The highest BCUT2D eigenvalue weighted by molar-refractivity contribution is 6.30. The molecule has 0 aliphatic carbocycles. The number of ether oxygens (including phenoxy) is 1. The molecule has 0 radical (unpaired) electrons. The molecule has 1 aromatic rings. The summed E-state index contributed by atoms with van der Waals surface area (Å²) in [4.78, 5) is 25.1. The minimum atomic E-state index is -1.91. The minimum Gasteiger partial charge on any atom is -0.464 e. The second kappa shape index (κ2) is 6.60. The summed E-state index contributed by atoms with van der Waals surface area (Å²) in [5.41, 5.74) is -0.536. The van der Waals surface area contributed by atoms with Gasteiger partial charge in [0.25, 0.3) is 5.69 Å². The fourth-order valence-electron chi connectivity index (χ4n) is 1.50. The van der Waals surface area contributed by atoms with Gasteiger partial charge in [-0.15, -0.1) is 0 Å². The van der Waals surface area contributed by atoms with Crippen molar-refractivity contribution in [3.63, 3.8) is 0 Å². The highest BCUT2D eigenvalue weighted by Crippen LogP contribution is 2.29. The first-order valence-electron chi connectivity index (χ1n) is 5.63. The van der Waals surface area contributed by atoms with Crippen molar-refractivity contribution in [2.45, 2.75) is 26.1 Å². The smallest absolute Gasteiger partial charge is 0.338 e. The first-order chi connectivity index (χ1) is 9.29. The van der Waals surface area contributed by atoms with Crippen LogP contribution in [-0.4, -0.2) is 38.8 Å². The fraction of sp³-hybridized carbons (Fsp3) is 0.455. The standard InChI is InChI=1S/C11H13ClN2O6/c1-3-20-11(17)9(16)8(15)6-4-7(14(18)19)5(2)13-10(6)12/h4,8-9,15-16H,3H2,1-2H3. The molecule has 1 aromatic heterocycles. The number of aryl methyl sites for hydroxylation is 1. The number of aliphatic hydroxyl groups is 2. The number of hydrogen-bond donors (Lipinski definition) is 2. The number of nitrogens with zero attached hydrogens (tertiary/aromatic N) is 2. The van der Waals surface area contributed by atoms with Gasteiger partial charge in [-0.1, -0.05) is 11.6 Å². The van der Waals surface area contributed by atoms with Gasteiger partial charge in [-0.3, -0.25) is 10.1 Å². The van der Waals surface area contributed by atoms with Crippen molar-refractivity contribution in [3.8, 4) is 0 Å². The number of carbonyl (C=O) groups excluding carboxylic acids is 1. The van der Waals surface area contributed by atoms with Gasteiger partial charge in [0.2, 0.25) is 0 Å². The number of hydrogen-bond acceptors (Lipinski definition) is 7. The van der Waals surface area contributed by atoms with E-state index in [9.17, 15) is 25.1 Å². The van der Waals surface area contributed by atoms with E-state index in [1.165, 1.54) is 13.8 Å². The van der Waals surface area contributed by atoms with Gasteiger partial charge >= 0.3 is 5.97 Å². The highest BCUT2D eigenvalue weighted by Gasteiger charge is 2.31. The summed E-state index contributed by atoms with van der Waals surface area (Å²) in [6, 6.07) is 0.970. The molecule has 20 heavy (non-hydrogen) atoms. The molecule has 2 N–H and O–H groups in total. The van der Waals surface area contributed by atoms with Crippen LogP contribution in [0.25, 0.3) is 0 Å². The maximum Gasteiger partial charge on any atom is 0.338 e. The van der Waals surface area contributed by atoms with Crippen molar-refractivity contribution >= 4 is 23.3 Å². The zero-order chi connectivity index (χ0) is 15.4. The average Bonchev–Trinajstić information content (AvgIpc) is 2.37. The van der Waals surface area contributed by atoms with Gasteiger partial charge < -0.3 is 14.9 Å². The zero-order valence-electron chi connectivity index (χ0n) is 10.7. The van der Waals surface area contributed by atoms with E-state index in [2.05, 4.69) is 9.72 Å². The second-order valence-corrected chi connectivity index (χ2v) is 4.23. The summed E-state index contributed by atoms with van der Waals surface area (Å²) in [6.45, 7) is 2.92. The van der Waals surface area contributed by atoms with E-state index in [1.807, 2.05) is 0 Å². The third kappa shape index (κ3) is 3.41. The van der Waals surface area contributed by atoms with E-state index < -0.39 is 23.1 Å². The first-order valence-corrected chi connectivity index (χ1v) is 6.01. The van der Waals surface area contributed by atoms with Crippen LogP contribution >= 0.6 is 11.6 Å². The lowest BCUT2D eigenvalue weighted by Gasteiger charge is -2.17. The van der Waals surface area contributed by atoms with Gasteiger partial charge in [-0.25, -0.2) is 9.78 Å². The molecule has 1 rings (SSSR count). The van der Waals surface area contributed by atoms with Gasteiger partial charge in [-0.05, 0) is 13.8 Å². The van der Waals surface area contributed by atoms with Crippen LogP contribution in [0, 0.1) is 17.0 Å². The van der Waals surface area contributed by atoms with Crippen molar-refractivity contribution < 1.29 is 24.7 Å². The number of carbonyl (C=O) groups is 1. The number of pyridine rings is 1. The Morgan fingerprint density at radius 2 is 2.20 bits per heavy atom. The molecular formula is C11H13ClN2O6. The predicted molar refractivity (Wildman–Crippen MR) is 68.2 cm³/mol. The SMILES string of the molecule is CCOC(=O)C(O)C(O)c1cc([N+](=O)[O-])c(C)nc1Cl. The Bertz CT molecular complexity index is 536. The van der Waals surface area contributed by atoms with E-state index in [0.29, 0.717) is 0 Å². The molecule has 9 heteroatoms. The van der Waals surface area contributed by atoms with Crippen molar-refractivity contribution in [1.29, 1.82) is 0 Å². The molecular weight excluding hydrogens is 292 g/mol. The number of nitro groups is 1. The van der Waals surface area contributed by atoms with Crippen molar-refractivity contribution in [1.82, 2.24) is 4.98 Å². The van der Waals surface area contributed by atoms with Crippen LogP contribution in [0.2, 0.25) is 5.15 Å². The number of esters is 1. The van der Waals surface area contributed by atoms with Gasteiger partial charge in [0, 0.05) is 11.6 Å². The van der Waals surface area contributed by atoms with Gasteiger partial charge in [0.1, 0.15) is 17.0 Å². The third-order valence-corrected chi connectivity index (χ3v) is 2.81. The second-order valence-electron chi connectivity index (χ2n) is 3.87. The Kier molecular flexibility index (Phi) is 5.37. The lowest BCUT2D eigenvalue weighted by molar-refractivity contribution is -0.385. The number of rotatable bonds is 5. The quantitative estimate of drug-likeness (QED) is 0.358. The molecule has 0 aliphatic rings. The van der Waals surface area contributed by atoms with Gasteiger partial charge in [0.15, 0.2) is 6.10 Å². The van der Waals surface area contributed by atoms with Crippen molar-refractivity contribution in [3.05, 3.63) is 32.6 Å². The van der Waals surface area contributed by atoms with Crippen LogP contribution < -0.4 is 0 Å². The number of aliphatic hydroxyl groups excluding tert-OH is 2. The van der Waals surface area contributed by atoms with Crippen LogP contribution in [0.1, 0.15) is 24.3 Å². The topological polar surface area (TPSA) is 123 Å². The Morgan fingerprint density at radius 1 is 1.60 bits per heavy atom. The first kappa shape index (κ1) is 16.3. The molecule has 2 atom stereocenters. The Balaban J connectivity index is 3.15. The molecule has 0 saturated carbocycles. The molecule has 8 nitrogen and oxygen atoms in total. The lowest BCUT2D eigenvalue weighted by Crippen LogP contribution is -2.30. The summed E-state index contributed by atoms with van der Waals surface area (Å²) in [7, 11) is 0. The van der Waals surface area contributed by atoms with E-state index in [0.717, 1.165) is 6.07 Å². The molecule has 1 heterocycles. The van der Waals surface area contributed by atoms with Gasteiger partial charge in [-0.2, -0.15) is 0 Å². The largest absolute Gasteiger partial charge is 0.464 e. The number of aromatic nitrogens is 1. The molecule has 2 unspecified atom stereocenters. The van der Waals surface area contributed by atoms with Crippen LogP contribution in [-0.2, 0) is 9.53 Å². The molecule has 0 spiro atoms. The molecule has 110 valence electrons. The summed E-state index contributed by atoms with van der Waals surface area (Å²) >= 11 is 5.77. The normalized spacial score (nSPS) is 13.7. The van der Waals surface area contributed by atoms with E-state index in [4.69, 9.17) is 11.6 Å². The van der Waals surface area contributed by atoms with Crippen molar-refractivity contribution in [2.75, 3.05) is 6.61 Å². The summed E-state index contributed by atoms with van der Waals surface area (Å²) in [5, 5.41) is 30.0. The zero-order valence-corrected chi connectivity index (χ0v) is 11.5. The third-order valence-electron chi connectivity index (χ3n) is 2.51. The Morgan fingerprint density at radius 3 is 2.70 bits per heavy atom. The maximum absolute atomic E-state index is 11.3. The monoisotopic (exact) mass is 304 g/mol. The van der Waals surface area contributed by atoms with E-state index >= 15 is 0 Å². The molecule has 0 fully saturated rings. The summed E-state index contributed by atoms with van der Waals surface area (Å²) in [6.07, 6.45) is -3.68. The van der Waals surface area contributed by atoms with Crippen LogP contribution in [0.15, 0.2) is 6.07 Å². The van der Waals surface area contributed by atoms with E-state index in [1.54, 1.807) is 0 Å². The minimum absolute atomic E-state index is 0.0165.